The summed E-state index contributed by atoms with van der Waals surface area (Å²) in [5.41, 5.74) is 3.86. The number of carbonyl (C=O) groups is 2. The lowest BCUT2D eigenvalue weighted by Gasteiger charge is -2.14. The van der Waals surface area contributed by atoms with Gasteiger partial charge in [0.25, 0.3) is 0 Å². The average Bonchev–Trinajstić information content (AvgIpc) is 3.14. The van der Waals surface area contributed by atoms with E-state index in [2.05, 4.69) is 15.6 Å². The number of aromatic nitrogens is 1. The number of amides is 1. The second kappa shape index (κ2) is 9.25. The van der Waals surface area contributed by atoms with Crippen molar-refractivity contribution in [3.8, 4) is 11.3 Å². The van der Waals surface area contributed by atoms with Gasteiger partial charge in [0.15, 0.2) is 5.13 Å². The van der Waals surface area contributed by atoms with Crippen LogP contribution in [0.5, 0.6) is 0 Å². The molecule has 0 aliphatic rings. The molecule has 1 heterocycles. The largest absolute Gasteiger partial charge is 0.480 e. The Balaban J connectivity index is 1.57. The molecule has 0 saturated carbocycles. The molecule has 3 rings (SSSR count). The summed E-state index contributed by atoms with van der Waals surface area (Å²) in [7, 11) is 0. The first kappa shape index (κ1) is 19.7. The van der Waals surface area contributed by atoms with Crippen molar-refractivity contribution < 1.29 is 14.7 Å². The molecule has 3 N–H and O–H groups in total. The Kier molecular flexibility index (Phi) is 6.52. The molecule has 1 aromatic heterocycles. The van der Waals surface area contributed by atoms with E-state index in [1.807, 2.05) is 66.9 Å². The number of hydrogen-bond donors (Lipinski definition) is 3. The van der Waals surface area contributed by atoms with Gasteiger partial charge in [-0.25, -0.2) is 4.98 Å². The Morgan fingerprint density at radius 2 is 1.82 bits per heavy atom. The third-order valence-corrected chi connectivity index (χ3v) is 4.94. The van der Waals surface area contributed by atoms with Gasteiger partial charge in [-0.3, -0.25) is 14.9 Å². The topological polar surface area (TPSA) is 91.3 Å². The van der Waals surface area contributed by atoms with E-state index < -0.39 is 17.9 Å². The minimum Gasteiger partial charge on any atom is -0.480 e. The lowest BCUT2D eigenvalue weighted by Crippen LogP contribution is -2.39. The molecule has 2 aromatic carbocycles. The Labute approximate surface area is 167 Å². The Hall–Kier alpha value is -3.03. The summed E-state index contributed by atoms with van der Waals surface area (Å²) in [6, 6.07) is 16.4. The summed E-state index contributed by atoms with van der Waals surface area (Å²) in [6.45, 7) is 2.39. The van der Waals surface area contributed by atoms with E-state index in [1.165, 1.54) is 11.3 Å². The van der Waals surface area contributed by atoms with Gasteiger partial charge in [0, 0.05) is 17.5 Å². The molecule has 1 amide bonds. The van der Waals surface area contributed by atoms with E-state index in [-0.39, 0.29) is 6.42 Å². The Morgan fingerprint density at radius 1 is 1.11 bits per heavy atom. The van der Waals surface area contributed by atoms with E-state index >= 15 is 0 Å². The first-order chi connectivity index (χ1) is 13.5. The molecule has 1 unspecified atom stereocenters. The first-order valence-corrected chi connectivity index (χ1v) is 9.72. The molecule has 0 spiro atoms. The van der Waals surface area contributed by atoms with Crippen LogP contribution in [0.15, 0.2) is 60.0 Å². The first-order valence-electron chi connectivity index (χ1n) is 8.84. The van der Waals surface area contributed by atoms with Crippen LogP contribution in [0.4, 0.5) is 5.13 Å². The van der Waals surface area contributed by atoms with Gasteiger partial charge in [0.2, 0.25) is 5.91 Å². The molecule has 0 fully saturated rings. The number of nitrogens with zero attached hydrogens (tertiary/aromatic N) is 1. The van der Waals surface area contributed by atoms with Crippen molar-refractivity contribution in [1.82, 2.24) is 10.3 Å². The maximum atomic E-state index is 12.3. The maximum Gasteiger partial charge on any atom is 0.321 e. The fourth-order valence-corrected chi connectivity index (χ4v) is 3.36. The zero-order valence-electron chi connectivity index (χ0n) is 15.4. The number of carbonyl (C=O) groups excluding carboxylic acids is 1. The molecule has 3 aromatic rings. The number of anilines is 1. The normalized spacial score (nSPS) is 11.8. The van der Waals surface area contributed by atoms with Gasteiger partial charge in [0.1, 0.15) is 6.04 Å². The molecule has 0 radical (unpaired) electrons. The van der Waals surface area contributed by atoms with Gasteiger partial charge in [-0.1, -0.05) is 60.2 Å². The molecule has 6 nitrogen and oxygen atoms in total. The van der Waals surface area contributed by atoms with E-state index in [9.17, 15) is 14.7 Å². The standard InChI is InChI=1S/C21H21N3O3S/c1-14-7-9-16(10-8-14)18-13-28-21(23-18)24-19(25)11-17(20(26)27)22-12-15-5-3-2-4-6-15/h2-10,13,17,22H,11-12H2,1H3,(H,26,27)(H,23,24,25). The minimum absolute atomic E-state index is 0.179. The smallest absolute Gasteiger partial charge is 0.321 e. The highest BCUT2D eigenvalue weighted by atomic mass is 32.1. The number of hydrogen-bond acceptors (Lipinski definition) is 5. The molecule has 0 aliphatic heterocycles. The predicted octanol–water partition coefficient (Wildman–Crippen LogP) is 3.69. The van der Waals surface area contributed by atoms with Crippen molar-refractivity contribution in [2.75, 3.05) is 5.32 Å². The second-order valence-corrected chi connectivity index (χ2v) is 7.27. The maximum absolute atomic E-state index is 12.3. The SMILES string of the molecule is Cc1ccc(-c2csc(NC(=O)CC(NCc3ccccc3)C(=O)O)n2)cc1. The number of carboxylic acid groups (broad SMARTS) is 1. The van der Waals surface area contributed by atoms with Gasteiger partial charge >= 0.3 is 5.97 Å². The summed E-state index contributed by atoms with van der Waals surface area (Å²) in [5.74, 6) is -1.46. The van der Waals surface area contributed by atoms with E-state index in [1.54, 1.807) is 0 Å². The van der Waals surface area contributed by atoms with Gasteiger partial charge in [-0.2, -0.15) is 0 Å². The Morgan fingerprint density at radius 3 is 2.50 bits per heavy atom. The number of thiazole rings is 1. The van der Waals surface area contributed by atoms with Crippen molar-refractivity contribution in [3.63, 3.8) is 0 Å². The summed E-state index contributed by atoms with van der Waals surface area (Å²) in [4.78, 5) is 28.2. The van der Waals surface area contributed by atoms with Gasteiger partial charge in [-0.05, 0) is 12.5 Å². The molecular formula is C21H21N3O3S. The van der Waals surface area contributed by atoms with Gasteiger partial charge in [-0.15, -0.1) is 11.3 Å². The molecule has 7 heteroatoms. The number of aliphatic carboxylic acids is 1. The van der Waals surface area contributed by atoms with Crippen molar-refractivity contribution in [2.45, 2.75) is 25.9 Å². The van der Waals surface area contributed by atoms with Crippen LogP contribution in [0.3, 0.4) is 0 Å². The Bertz CT molecular complexity index is 939. The van der Waals surface area contributed by atoms with Crippen molar-refractivity contribution in [2.24, 2.45) is 0 Å². The average molecular weight is 395 g/mol. The quantitative estimate of drug-likeness (QED) is 0.541. The van der Waals surface area contributed by atoms with Crippen LogP contribution in [0.2, 0.25) is 0 Å². The molecular weight excluding hydrogens is 374 g/mol. The molecule has 28 heavy (non-hydrogen) atoms. The molecule has 0 saturated heterocycles. The molecule has 1 atom stereocenters. The molecule has 144 valence electrons. The highest BCUT2D eigenvalue weighted by Crippen LogP contribution is 2.25. The van der Waals surface area contributed by atoms with E-state index in [0.717, 1.165) is 22.4 Å². The van der Waals surface area contributed by atoms with E-state index in [0.29, 0.717) is 11.7 Å². The third-order valence-electron chi connectivity index (χ3n) is 4.18. The van der Waals surface area contributed by atoms with Crippen molar-refractivity contribution >= 4 is 28.3 Å². The van der Waals surface area contributed by atoms with Crippen LogP contribution in [0, 0.1) is 6.92 Å². The van der Waals surface area contributed by atoms with Crippen LogP contribution in [-0.4, -0.2) is 28.0 Å². The zero-order valence-corrected chi connectivity index (χ0v) is 16.2. The van der Waals surface area contributed by atoms with Crippen molar-refractivity contribution in [3.05, 3.63) is 71.1 Å². The van der Waals surface area contributed by atoms with Gasteiger partial charge < -0.3 is 10.4 Å². The summed E-state index contributed by atoms with van der Waals surface area (Å²) in [5, 5.41) is 17.3. The number of rotatable bonds is 8. The van der Waals surface area contributed by atoms with Gasteiger partial charge in [0.05, 0.1) is 12.1 Å². The number of benzene rings is 2. The lowest BCUT2D eigenvalue weighted by atomic mass is 10.1. The monoisotopic (exact) mass is 395 g/mol. The summed E-state index contributed by atoms with van der Waals surface area (Å²) < 4.78 is 0. The molecule has 0 aliphatic carbocycles. The summed E-state index contributed by atoms with van der Waals surface area (Å²) >= 11 is 1.31. The highest BCUT2D eigenvalue weighted by Gasteiger charge is 2.21. The van der Waals surface area contributed by atoms with Crippen LogP contribution >= 0.6 is 11.3 Å². The second-order valence-electron chi connectivity index (χ2n) is 6.41. The highest BCUT2D eigenvalue weighted by molar-refractivity contribution is 7.14. The number of nitrogens with one attached hydrogen (secondary N) is 2. The zero-order chi connectivity index (χ0) is 19.9. The fourth-order valence-electron chi connectivity index (χ4n) is 2.63. The predicted molar refractivity (Wildman–Crippen MR) is 110 cm³/mol. The fraction of sp³-hybridized carbons (Fsp3) is 0.190. The van der Waals surface area contributed by atoms with Crippen LogP contribution in [0.1, 0.15) is 17.5 Å². The van der Waals surface area contributed by atoms with E-state index in [4.69, 9.17) is 0 Å². The third kappa shape index (κ3) is 5.48. The lowest BCUT2D eigenvalue weighted by molar-refractivity contribution is -0.141. The number of carboxylic acids is 1. The molecule has 0 bridgehead atoms. The summed E-state index contributed by atoms with van der Waals surface area (Å²) in [6.07, 6.45) is -0.179. The van der Waals surface area contributed by atoms with Crippen LogP contribution in [-0.2, 0) is 16.1 Å². The van der Waals surface area contributed by atoms with Crippen LogP contribution < -0.4 is 10.6 Å². The van der Waals surface area contributed by atoms with Crippen LogP contribution in [0.25, 0.3) is 11.3 Å². The van der Waals surface area contributed by atoms with Crippen molar-refractivity contribution in [1.29, 1.82) is 0 Å². The minimum atomic E-state index is -1.06. The number of aryl methyl sites for hydroxylation is 1.